The zero-order valence-corrected chi connectivity index (χ0v) is 7.53. The van der Waals surface area contributed by atoms with Crippen LogP contribution in [0.1, 0.15) is 6.92 Å². The van der Waals surface area contributed by atoms with Crippen LogP contribution in [0.15, 0.2) is 29.2 Å². The summed E-state index contributed by atoms with van der Waals surface area (Å²) in [7, 11) is -1.21. The van der Waals surface area contributed by atoms with E-state index in [4.69, 9.17) is 0 Å². The highest BCUT2D eigenvalue weighted by atomic mass is 32.2. The maximum atomic E-state index is 12.4. The van der Waals surface area contributed by atoms with E-state index in [9.17, 15) is 8.60 Å². The van der Waals surface area contributed by atoms with Gasteiger partial charge in [0, 0.05) is 6.54 Å². The number of benzene rings is 1. The van der Waals surface area contributed by atoms with Crippen molar-refractivity contribution in [3.8, 4) is 0 Å². The van der Waals surface area contributed by atoms with E-state index in [2.05, 4.69) is 4.72 Å². The van der Waals surface area contributed by atoms with Crippen molar-refractivity contribution >= 4 is 11.0 Å². The smallest absolute Gasteiger partial charge is 0.124 e. The second-order valence-corrected chi connectivity index (χ2v) is 3.52. The number of hydrogen-bond donors (Lipinski definition) is 1. The van der Waals surface area contributed by atoms with Crippen LogP contribution < -0.4 is 4.72 Å². The minimum atomic E-state index is -1.21. The molecule has 1 rings (SSSR count). The molecule has 0 aliphatic carbocycles. The number of nitrogens with one attached hydrogen (secondary N) is 1. The van der Waals surface area contributed by atoms with Crippen LogP contribution in [0.5, 0.6) is 0 Å². The average Bonchev–Trinajstić information content (AvgIpc) is 2.06. The zero-order valence-electron chi connectivity index (χ0n) is 6.71. The third-order valence-electron chi connectivity index (χ3n) is 1.30. The van der Waals surface area contributed by atoms with E-state index in [0.29, 0.717) is 11.4 Å². The van der Waals surface area contributed by atoms with Gasteiger partial charge in [0.15, 0.2) is 0 Å². The van der Waals surface area contributed by atoms with E-state index < -0.39 is 11.0 Å². The van der Waals surface area contributed by atoms with Crippen LogP contribution in [-0.4, -0.2) is 10.8 Å². The fourth-order valence-corrected chi connectivity index (χ4v) is 1.58. The molecule has 0 saturated carbocycles. The fourth-order valence-electron chi connectivity index (χ4n) is 0.773. The van der Waals surface area contributed by atoms with Crippen LogP contribution in [0.25, 0.3) is 0 Å². The van der Waals surface area contributed by atoms with Crippen molar-refractivity contribution in [3.05, 3.63) is 30.1 Å². The standard InChI is InChI=1S/C8H10FNOS/c1-2-10-12(11)8-5-3-7(9)4-6-8/h3-6,10H,2H2,1H3. The lowest BCUT2D eigenvalue weighted by molar-refractivity contribution is 0.626. The number of halogens is 1. The fraction of sp³-hybridized carbons (Fsp3) is 0.250. The Kier molecular flexibility index (Phi) is 3.37. The number of rotatable bonds is 3. The van der Waals surface area contributed by atoms with Crippen LogP contribution in [0.2, 0.25) is 0 Å². The lowest BCUT2D eigenvalue weighted by atomic mass is 10.4. The Balaban J connectivity index is 2.75. The molecule has 0 spiro atoms. The second kappa shape index (κ2) is 4.33. The molecule has 0 bridgehead atoms. The van der Waals surface area contributed by atoms with Gasteiger partial charge in [-0.3, -0.25) is 0 Å². The maximum Gasteiger partial charge on any atom is 0.124 e. The quantitative estimate of drug-likeness (QED) is 0.762. The van der Waals surface area contributed by atoms with Crippen LogP contribution in [-0.2, 0) is 11.0 Å². The number of hydrogen-bond acceptors (Lipinski definition) is 1. The summed E-state index contributed by atoms with van der Waals surface area (Å²) in [6.07, 6.45) is 0. The summed E-state index contributed by atoms with van der Waals surface area (Å²) in [5.41, 5.74) is 0. The lowest BCUT2D eigenvalue weighted by Gasteiger charge is -2.00. The molecule has 4 heteroatoms. The van der Waals surface area contributed by atoms with Gasteiger partial charge in [0.1, 0.15) is 16.8 Å². The third-order valence-corrected chi connectivity index (χ3v) is 2.55. The van der Waals surface area contributed by atoms with E-state index >= 15 is 0 Å². The predicted molar refractivity (Wildman–Crippen MR) is 46.5 cm³/mol. The monoisotopic (exact) mass is 187 g/mol. The molecular formula is C8H10FNOS. The normalized spacial score (nSPS) is 12.8. The molecule has 0 aliphatic heterocycles. The van der Waals surface area contributed by atoms with Crippen molar-refractivity contribution in [2.45, 2.75) is 11.8 Å². The molecule has 0 radical (unpaired) electrons. The van der Waals surface area contributed by atoms with Gasteiger partial charge in [-0.15, -0.1) is 0 Å². The molecule has 0 aromatic heterocycles. The Hall–Kier alpha value is -0.740. The van der Waals surface area contributed by atoms with Gasteiger partial charge in [-0.25, -0.2) is 13.3 Å². The van der Waals surface area contributed by atoms with Gasteiger partial charge in [0.25, 0.3) is 0 Å². The second-order valence-electron chi connectivity index (χ2n) is 2.22. The van der Waals surface area contributed by atoms with Crippen molar-refractivity contribution in [1.82, 2.24) is 4.72 Å². The van der Waals surface area contributed by atoms with E-state index in [0.717, 1.165) is 0 Å². The van der Waals surface area contributed by atoms with Gasteiger partial charge in [-0.05, 0) is 24.3 Å². The lowest BCUT2D eigenvalue weighted by Crippen LogP contribution is -2.16. The molecule has 0 aliphatic rings. The van der Waals surface area contributed by atoms with Crippen LogP contribution >= 0.6 is 0 Å². The molecule has 1 atom stereocenters. The minimum absolute atomic E-state index is 0.313. The first kappa shape index (κ1) is 9.35. The Morgan fingerprint density at radius 1 is 1.42 bits per heavy atom. The molecule has 1 N–H and O–H groups in total. The topological polar surface area (TPSA) is 29.1 Å². The van der Waals surface area contributed by atoms with Crippen LogP contribution in [0.3, 0.4) is 0 Å². The SMILES string of the molecule is CCNS(=O)c1ccc(F)cc1. The highest BCUT2D eigenvalue weighted by Gasteiger charge is 2.00. The summed E-state index contributed by atoms with van der Waals surface area (Å²) in [6, 6.07) is 5.61. The van der Waals surface area contributed by atoms with E-state index in [1.54, 1.807) is 0 Å². The van der Waals surface area contributed by atoms with Crippen molar-refractivity contribution in [3.63, 3.8) is 0 Å². The summed E-state index contributed by atoms with van der Waals surface area (Å²) >= 11 is 0. The summed E-state index contributed by atoms with van der Waals surface area (Å²) in [5.74, 6) is -0.313. The molecule has 1 aromatic rings. The molecule has 66 valence electrons. The molecule has 0 fully saturated rings. The van der Waals surface area contributed by atoms with Gasteiger partial charge >= 0.3 is 0 Å². The molecule has 1 unspecified atom stereocenters. The maximum absolute atomic E-state index is 12.4. The predicted octanol–water partition coefficient (Wildman–Crippen LogP) is 1.46. The molecule has 2 nitrogen and oxygen atoms in total. The molecule has 1 aromatic carbocycles. The summed E-state index contributed by atoms with van der Waals surface area (Å²) in [6.45, 7) is 2.49. The third kappa shape index (κ3) is 2.39. The molecule has 0 heterocycles. The average molecular weight is 187 g/mol. The Bertz CT molecular complexity index is 273. The van der Waals surface area contributed by atoms with Crippen LogP contribution in [0.4, 0.5) is 4.39 Å². The molecule has 0 saturated heterocycles. The summed E-state index contributed by atoms with van der Waals surface area (Å²) in [4.78, 5) is 0.596. The van der Waals surface area contributed by atoms with Crippen molar-refractivity contribution in [1.29, 1.82) is 0 Å². The van der Waals surface area contributed by atoms with E-state index in [1.165, 1.54) is 24.3 Å². The zero-order chi connectivity index (χ0) is 8.97. The Morgan fingerprint density at radius 3 is 2.50 bits per heavy atom. The van der Waals surface area contributed by atoms with E-state index in [1.807, 2.05) is 6.92 Å². The Labute approximate surface area is 73.4 Å². The molecular weight excluding hydrogens is 177 g/mol. The van der Waals surface area contributed by atoms with Gasteiger partial charge in [-0.2, -0.15) is 0 Å². The van der Waals surface area contributed by atoms with Crippen LogP contribution in [0, 0.1) is 5.82 Å². The van der Waals surface area contributed by atoms with Crippen molar-refractivity contribution in [2.24, 2.45) is 0 Å². The van der Waals surface area contributed by atoms with Gasteiger partial charge in [0.05, 0.1) is 4.90 Å². The van der Waals surface area contributed by atoms with E-state index in [-0.39, 0.29) is 5.82 Å². The van der Waals surface area contributed by atoms with Crippen molar-refractivity contribution < 1.29 is 8.60 Å². The van der Waals surface area contributed by atoms with Crippen molar-refractivity contribution in [2.75, 3.05) is 6.54 Å². The van der Waals surface area contributed by atoms with Gasteiger partial charge < -0.3 is 0 Å². The summed E-state index contributed by atoms with van der Waals surface area (Å²) < 4.78 is 26.4. The molecule has 0 amide bonds. The first-order valence-corrected chi connectivity index (χ1v) is 4.80. The first-order chi connectivity index (χ1) is 5.74. The van der Waals surface area contributed by atoms with Gasteiger partial charge in [-0.1, -0.05) is 6.92 Å². The largest absolute Gasteiger partial charge is 0.238 e. The minimum Gasteiger partial charge on any atom is -0.238 e. The highest BCUT2D eigenvalue weighted by Crippen LogP contribution is 2.05. The molecule has 12 heavy (non-hydrogen) atoms. The first-order valence-electron chi connectivity index (χ1n) is 3.65. The Morgan fingerprint density at radius 2 is 2.00 bits per heavy atom. The summed E-state index contributed by atoms with van der Waals surface area (Å²) in [5, 5.41) is 0. The highest BCUT2D eigenvalue weighted by molar-refractivity contribution is 7.83. The van der Waals surface area contributed by atoms with Gasteiger partial charge in [0.2, 0.25) is 0 Å².